The molecule has 1 aromatic rings. The van der Waals surface area contributed by atoms with Crippen molar-refractivity contribution >= 4 is 17.3 Å². The van der Waals surface area contributed by atoms with Gasteiger partial charge in [-0.2, -0.15) is 5.26 Å². The van der Waals surface area contributed by atoms with Gasteiger partial charge in [-0.05, 0) is 44.1 Å². The van der Waals surface area contributed by atoms with E-state index >= 15 is 0 Å². The molecule has 4 heteroatoms. The zero-order valence-corrected chi connectivity index (χ0v) is 11.9. The van der Waals surface area contributed by atoms with Crippen molar-refractivity contribution in [1.29, 1.82) is 5.26 Å². The van der Waals surface area contributed by atoms with E-state index in [0.29, 0.717) is 10.6 Å². The monoisotopic (exact) mass is 277 g/mol. The highest BCUT2D eigenvalue weighted by atomic mass is 35.5. The first kappa shape index (κ1) is 14.2. The number of halogens is 1. The molecule has 102 valence electrons. The number of hydrogen-bond donors (Lipinski definition) is 1. The molecule has 2 rings (SSSR count). The second kappa shape index (κ2) is 7.37. The van der Waals surface area contributed by atoms with Gasteiger partial charge in [-0.15, -0.1) is 0 Å². The lowest BCUT2D eigenvalue weighted by Crippen LogP contribution is -2.30. The lowest BCUT2D eigenvalue weighted by Gasteiger charge is -2.20. The summed E-state index contributed by atoms with van der Waals surface area (Å²) in [5.74, 6) is 0. The second-order valence-electron chi connectivity index (χ2n) is 4.98. The lowest BCUT2D eigenvalue weighted by atomic mass is 10.2. The zero-order valence-electron chi connectivity index (χ0n) is 11.2. The summed E-state index contributed by atoms with van der Waals surface area (Å²) in [6, 6.07) is 7.52. The van der Waals surface area contributed by atoms with Gasteiger partial charge in [-0.1, -0.05) is 24.4 Å². The van der Waals surface area contributed by atoms with Gasteiger partial charge in [0.25, 0.3) is 0 Å². The largest absolute Gasteiger partial charge is 0.383 e. The molecule has 1 aliphatic rings. The maximum absolute atomic E-state index is 9.05. The molecule has 1 N–H and O–H groups in total. The van der Waals surface area contributed by atoms with E-state index in [1.165, 1.54) is 38.8 Å². The van der Waals surface area contributed by atoms with E-state index in [9.17, 15) is 0 Å². The van der Waals surface area contributed by atoms with E-state index in [-0.39, 0.29) is 0 Å². The summed E-state index contributed by atoms with van der Waals surface area (Å²) in [6.45, 7) is 4.27. The molecule has 0 aliphatic carbocycles. The van der Waals surface area contributed by atoms with Gasteiger partial charge in [-0.3, -0.25) is 0 Å². The summed E-state index contributed by atoms with van der Waals surface area (Å²) in [6.07, 6.45) is 5.33. The second-order valence-corrected chi connectivity index (χ2v) is 5.42. The Morgan fingerprint density at radius 3 is 2.63 bits per heavy atom. The Hall–Kier alpha value is -1.24. The number of likely N-dealkylation sites (tertiary alicyclic amines) is 1. The Morgan fingerprint density at radius 1 is 1.21 bits per heavy atom. The third-order valence-corrected chi connectivity index (χ3v) is 3.78. The van der Waals surface area contributed by atoms with Crippen LogP contribution < -0.4 is 5.32 Å². The van der Waals surface area contributed by atoms with Crippen molar-refractivity contribution in [2.75, 3.05) is 31.5 Å². The van der Waals surface area contributed by atoms with Crippen LogP contribution in [0.3, 0.4) is 0 Å². The minimum absolute atomic E-state index is 0.653. The smallest absolute Gasteiger partial charge is 0.101 e. The molecule has 1 aromatic carbocycles. The number of nitrogens with zero attached hydrogens (tertiary/aromatic N) is 2. The highest BCUT2D eigenvalue weighted by Crippen LogP contribution is 2.20. The molecule has 0 unspecified atom stereocenters. The van der Waals surface area contributed by atoms with Crippen molar-refractivity contribution in [3.8, 4) is 6.07 Å². The van der Waals surface area contributed by atoms with Gasteiger partial charge in [0.15, 0.2) is 0 Å². The molecule has 0 aromatic heterocycles. The van der Waals surface area contributed by atoms with Crippen LogP contribution >= 0.6 is 11.6 Å². The van der Waals surface area contributed by atoms with Crippen molar-refractivity contribution in [2.24, 2.45) is 0 Å². The first-order valence-electron chi connectivity index (χ1n) is 6.95. The average Bonchev–Trinajstić information content (AvgIpc) is 2.68. The molecule has 19 heavy (non-hydrogen) atoms. The Bertz CT molecular complexity index is 445. The van der Waals surface area contributed by atoms with Crippen LogP contribution in [-0.4, -0.2) is 31.1 Å². The average molecular weight is 278 g/mol. The summed E-state index contributed by atoms with van der Waals surface area (Å²) >= 11 is 5.96. The van der Waals surface area contributed by atoms with E-state index in [2.05, 4.69) is 16.3 Å². The Kier molecular flexibility index (Phi) is 5.50. The number of nitrogens with one attached hydrogen (secondary N) is 1. The van der Waals surface area contributed by atoms with E-state index in [1.807, 2.05) is 6.07 Å². The first-order chi connectivity index (χ1) is 9.29. The molecule has 0 radical (unpaired) electrons. The number of nitriles is 1. The zero-order chi connectivity index (χ0) is 13.5. The number of hydrogen-bond acceptors (Lipinski definition) is 3. The van der Waals surface area contributed by atoms with Crippen LogP contribution in [0.5, 0.6) is 0 Å². The Morgan fingerprint density at radius 2 is 1.95 bits per heavy atom. The van der Waals surface area contributed by atoms with Crippen molar-refractivity contribution in [2.45, 2.75) is 25.7 Å². The maximum atomic E-state index is 9.05. The van der Waals surface area contributed by atoms with Gasteiger partial charge in [0.05, 0.1) is 11.3 Å². The molecule has 0 saturated carbocycles. The molecule has 3 nitrogen and oxygen atoms in total. The van der Waals surface area contributed by atoms with Crippen LogP contribution in [0.4, 0.5) is 5.69 Å². The third kappa shape index (κ3) is 4.41. The molecule has 0 atom stereocenters. The van der Waals surface area contributed by atoms with Crippen molar-refractivity contribution in [3.05, 3.63) is 28.8 Å². The van der Waals surface area contributed by atoms with Gasteiger partial charge < -0.3 is 10.2 Å². The van der Waals surface area contributed by atoms with Gasteiger partial charge in [0.1, 0.15) is 6.07 Å². The maximum Gasteiger partial charge on any atom is 0.101 e. The summed E-state index contributed by atoms with van der Waals surface area (Å²) in [5, 5.41) is 13.0. The number of anilines is 1. The molecule has 1 fully saturated rings. The standard InChI is InChI=1S/C15H20ClN3/c16-14-6-5-13(12-17)15(11-14)18-7-10-19-8-3-1-2-4-9-19/h5-6,11,18H,1-4,7-10H2. The molecular weight excluding hydrogens is 258 g/mol. The minimum atomic E-state index is 0.653. The molecular formula is C15H20ClN3. The fraction of sp³-hybridized carbons (Fsp3) is 0.533. The van der Waals surface area contributed by atoms with Crippen LogP contribution in [0.15, 0.2) is 18.2 Å². The fourth-order valence-corrected chi connectivity index (χ4v) is 2.64. The Balaban J connectivity index is 1.85. The van der Waals surface area contributed by atoms with Gasteiger partial charge in [-0.25, -0.2) is 0 Å². The van der Waals surface area contributed by atoms with Crippen LogP contribution in [0.2, 0.25) is 5.02 Å². The normalized spacial score (nSPS) is 16.6. The highest BCUT2D eigenvalue weighted by molar-refractivity contribution is 6.30. The highest BCUT2D eigenvalue weighted by Gasteiger charge is 2.08. The molecule has 0 bridgehead atoms. The molecule has 0 spiro atoms. The van der Waals surface area contributed by atoms with Gasteiger partial charge in [0, 0.05) is 18.1 Å². The summed E-state index contributed by atoms with van der Waals surface area (Å²) < 4.78 is 0. The van der Waals surface area contributed by atoms with Crippen LogP contribution in [0.25, 0.3) is 0 Å². The number of benzene rings is 1. The summed E-state index contributed by atoms with van der Waals surface area (Å²) in [5.41, 5.74) is 1.49. The van der Waals surface area contributed by atoms with E-state index in [0.717, 1.165) is 18.8 Å². The van der Waals surface area contributed by atoms with Crippen molar-refractivity contribution in [1.82, 2.24) is 4.90 Å². The van der Waals surface area contributed by atoms with E-state index in [4.69, 9.17) is 16.9 Å². The Labute approximate surface area is 120 Å². The molecule has 1 aliphatic heterocycles. The fourth-order valence-electron chi connectivity index (χ4n) is 2.47. The van der Waals surface area contributed by atoms with Crippen LogP contribution in [0, 0.1) is 11.3 Å². The van der Waals surface area contributed by atoms with Gasteiger partial charge >= 0.3 is 0 Å². The molecule has 1 heterocycles. The van der Waals surface area contributed by atoms with Crippen molar-refractivity contribution < 1.29 is 0 Å². The predicted molar refractivity (Wildman–Crippen MR) is 79.6 cm³/mol. The topological polar surface area (TPSA) is 39.1 Å². The quantitative estimate of drug-likeness (QED) is 0.915. The summed E-state index contributed by atoms with van der Waals surface area (Å²) in [7, 11) is 0. The first-order valence-corrected chi connectivity index (χ1v) is 7.33. The van der Waals surface area contributed by atoms with E-state index in [1.54, 1.807) is 12.1 Å². The number of rotatable bonds is 4. The molecule has 0 amide bonds. The van der Waals surface area contributed by atoms with Crippen LogP contribution in [-0.2, 0) is 0 Å². The summed E-state index contributed by atoms with van der Waals surface area (Å²) in [4.78, 5) is 2.50. The molecule has 1 saturated heterocycles. The van der Waals surface area contributed by atoms with E-state index < -0.39 is 0 Å². The lowest BCUT2D eigenvalue weighted by molar-refractivity contribution is 0.296. The third-order valence-electron chi connectivity index (χ3n) is 3.54. The predicted octanol–water partition coefficient (Wildman–Crippen LogP) is 3.50. The SMILES string of the molecule is N#Cc1ccc(Cl)cc1NCCN1CCCCCC1. The van der Waals surface area contributed by atoms with Crippen molar-refractivity contribution in [3.63, 3.8) is 0 Å². The van der Waals surface area contributed by atoms with Crippen LogP contribution in [0.1, 0.15) is 31.2 Å². The van der Waals surface area contributed by atoms with Gasteiger partial charge in [0.2, 0.25) is 0 Å². The minimum Gasteiger partial charge on any atom is -0.383 e.